The number of aryl methyl sites for hydroxylation is 4. The molecule has 3 heterocycles. The number of anilines is 1. The molecule has 0 atom stereocenters. The Hall–Kier alpha value is -4.34. The zero-order valence-electron chi connectivity index (χ0n) is 30.4. The Bertz CT molecular complexity index is 1890. The first kappa shape index (κ1) is 40.1. The van der Waals surface area contributed by atoms with E-state index in [1.54, 1.807) is 18.2 Å². The summed E-state index contributed by atoms with van der Waals surface area (Å²) in [5, 5.41) is 3.25. The SMILES string of the molecule is C=CCC.CCCc1c[nH]c2ccccc12.Cc1nc(N(C)C)c2cc(C(=O)N(CC(N)=O)CC(C)C)n(CCc3ccc(Cl)cc3Cl)c2n1. The number of primary amides is 1. The summed E-state index contributed by atoms with van der Waals surface area (Å²) in [5.74, 6) is 0.623. The van der Waals surface area contributed by atoms with Gasteiger partial charge in [-0.2, -0.15) is 0 Å². The number of hydrogen-bond donors (Lipinski definition) is 2. The molecule has 0 spiro atoms. The van der Waals surface area contributed by atoms with Crippen molar-refractivity contribution >= 4 is 62.8 Å². The smallest absolute Gasteiger partial charge is 0.271 e. The van der Waals surface area contributed by atoms with Gasteiger partial charge in [-0.3, -0.25) is 9.59 Å². The topological polar surface area (TPSA) is 113 Å². The average Bonchev–Trinajstić information content (AvgIpc) is 3.64. The number of H-pyrrole nitrogens is 1. The van der Waals surface area contributed by atoms with Crippen LogP contribution in [0.1, 0.15) is 68.0 Å². The number of nitrogens with one attached hydrogen (secondary N) is 1. The lowest BCUT2D eigenvalue weighted by Crippen LogP contribution is -2.41. The zero-order valence-corrected chi connectivity index (χ0v) is 31.9. The van der Waals surface area contributed by atoms with E-state index in [4.69, 9.17) is 28.9 Å². The summed E-state index contributed by atoms with van der Waals surface area (Å²) in [7, 11) is 3.79. The number of aromatic nitrogens is 4. The molecule has 0 aliphatic rings. The van der Waals surface area contributed by atoms with E-state index in [0.717, 1.165) is 17.4 Å². The number of aromatic amines is 1. The van der Waals surface area contributed by atoms with Gasteiger partial charge in [0.2, 0.25) is 5.91 Å². The van der Waals surface area contributed by atoms with Crippen molar-refractivity contribution in [2.75, 3.05) is 32.1 Å². The van der Waals surface area contributed by atoms with Crippen LogP contribution in [0.5, 0.6) is 0 Å². The minimum Gasteiger partial charge on any atom is -0.368 e. The minimum absolute atomic E-state index is 0.160. The van der Waals surface area contributed by atoms with Crippen LogP contribution >= 0.6 is 23.2 Å². The quantitative estimate of drug-likeness (QED) is 0.125. The average molecular weight is 721 g/mol. The fraction of sp³-hybridized carbons (Fsp3) is 0.385. The van der Waals surface area contributed by atoms with Crippen molar-refractivity contribution in [3.05, 3.63) is 100 Å². The molecular formula is C39H51Cl2N7O2. The van der Waals surface area contributed by atoms with Crippen LogP contribution in [0, 0.1) is 12.8 Å². The van der Waals surface area contributed by atoms with Gasteiger partial charge in [-0.25, -0.2) is 9.97 Å². The molecule has 5 aromatic rings. The number of fused-ring (bicyclic) bond motifs is 2. The third-order valence-corrected chi connectivity index (χ3v) is 8.40. The lowest BCUT2D eigenvalue weighted by molar-refractivity contribution is -0.118. The van der Waals surface area contributed by atoms with Gasteiger partial charge in [-0.05, 0) is 67.5 Å². The molecule has 2 amide bonds. The molecule has 0 radical (unpaired) electrons. The van der Waals surface area contributed by atoms with Crippen LogP contribution in [0.25, 0.3) is 21.9 Å². The Kier molecular flexibility index (Phi) is 15.4. The van der Waals surface area contributed by atoms with Crippen molar-refractivity contribution in [1.82, 2.24) is 24.4 Å². The van der Waals surface area contributed by atoms with E-state index in [9.17, 15) is 9.59 Å². The molecule has 0 aliphatic carbocycles. The van der Waals surface area contributed by atoms with Crippen LogP contribution in [-0.2, 0) is 24.2 Å². The van der Waals surface area contributed by atoms with Gasteiger partial charge in [0.1, 0.15) is 23.0 Å². The van der Waals surface area contributed by atoms with Crippen LogP contribution < -0.4 is 10.6 Å². The van der Waals surface area contributed by atoms with E-state index in [2.05, 4.69) is 65.8 Å². The molecule has 3 aromatic heterocycles. The van der Waals surface area contributed by atoms with Gasteiger partial charge in [0.15, 0.2) is 0 Å². The summed E-state index contributed by atoms with van der Waals surface area (Å²) in [6, 6.07) is 15.6. The molecule has 2 aromatic carbocycles. The molecular weight excluding hydrogens is 669 g/mol. The van der Waals surface area contributed by atoms with Gasteiger partial charge in [0, 0.05) is 54.3 Å². The molecule has 5 rings (SSSR count). The van der Waals surface area contributed by atoms with E-state index >= 15 is 0 Å². The molecule has 0 aliphatic heterocycles. The third kappa shape index (κ3) is 10.8. The van der Waals surface area contributed by atoms with Crippen molar-refractivity contribution in [3.63, 3.8) is 0 Å². The number of nitrogens with two attached hydrogens (primary N) is 1. The number of allylic oxidation sites excluding steroid dienone is 1. The van der Waals surface area contributed by atoms with Gasteiger partial charge in [0.05, 0.1) is 11.9 Å². The van der Waals surface area contributed by atoms with Crippen LogP contribution in [0.2, 0.25) is 10.0 Å². The van der Waals surface area contributed by atoms with E-state index in [1.807, 2.05) is 56.5 Å². The highest BCUT2D eigenvalue weighted by Gasteiger charge is 2.26. The van der Waals surface area contributed by atoms with E-state index < -0.39 is 5.91 Å². The van der Waals surface area contributed by atoms with E-state index in [1.165, 1.54) is 34.2 Å². The van der Waals surface area contributed by atoms with E-state index in [0.29, 0.717) is 52.5 Å². The van der Waals surface area contributed by atoms with Gasteiger partial charge in [0.25, 0.3) is 5.91 Å². The monoisotopic (exact) mass is 719 g/mol. The third-order valence-electron chi connectivity index (χ3n) is 7.81. The normalized spacial score (nSPS) is 10.8. The van der Waals surface area contributed by atoms with Gasteiger partial charge < -0.3 is 25.1 Å². The molecule has 9 nitrogen and oxygen atoms in total. The Morgan fingerprint density at radius 2 is 1.72 bits per heavy atom. The number of halogens is 2. The number of nitrogens with zero attached hydrogens (tertiary/aromatic N) is 5. The number of carbonyl (C=O) groups is 2. The standard InChI is InChI=1S/C24H30Cl2N6O2.C11H13N.C4H8/c1-14(2)12-31(13-21(27)33)24(34)20-11-18-22(30(4)5)28-15(3)29-23(18)32(20)9-8-16-6-7-17(25)10-19(16)26;1-2-5-9-8-12-11-7-4-3-6-10(9)11;1-3-4-2/h6-7,10-11,14H,8-9,12-13H2,1-5H3,(H2,27,33);3-4,6-8,12H,2,5H2,1H3;3H,1,4H2,2H3. The molecule has 0 saturated carbocycles. The molecule has 50 heavy (non-hydrogen) atoms. The first-order valence-corrected chi connectivity index (χ1v) is 17.8. The summed E-state index contributed by atoms with van der Waals surface area (Å²) in [5.41, 5.74) is 10.1. The van der Waals surface area contributed by atoms with Crippen molar-refractivity contribution in [3.8, 4) is 0 Å². The molecule has 0 fully saturated rings. The fourth-order valence-electron chi connectivity index (χ4n) is 5.53. The summed E-state index contributed by atoms with van der Waals surface area (Å²) < 4.78 is 1.87. The minimum atomic E-state index is -0.561. The van der Waals surface area contributed by atoms with Crippen LogP contribution in [0.3, 0.4) is 0 Å². The summed E-state index contributed by atoms with van der Waals surface area (Å²) in [4.78, 5) is 41.3. The predicted molar refractivity (Wildman–Crippen MR) is 209 cm³/mol. The Balaban J connectivity index is 0.000000345. The Morgan fingerprint density at radius 3 is 2.32 bits per heavy atom. The Labute approximate surface area is 306 Å². The molecule has 11 heteroatoms. The highest BCUT2D eigenvalue weighted by molar-refractivity contribution is 6.35. The first-order chi connectivity index (χ1) is 23.8. The van der Waals surface area contributed by atoms with Gasteiger partial charge in [-0.15, -0.1) is 6.58 Å². The number of carbonyl (C=O) groups excluding carboxylic acids is 2. The maximum atomic E-state index is 13.7. The van der Waals surface area contributed by atoms with Gasteiger partial charge >= 0.3 is 0 Å². The van der Waals surface area contributed by atoms with Crippen molar-refractivity contribution < 1.29 is 9.59 Å². The fourth-order valence-corrected chi connectivity index (χ4v) is 6.04. The van der Waals surface area contributed by atoms with Crippen molar-refractivity contribution in [2.24, 2.45) is 11.7 Å². The maximum absolute atomic E-state index is 13.7. The zero-order chi connectivity index (χ0) is 37.0. The van der Waals surface area contributed by atoms with Crippen LogP contribution in [0.4, 0.5) is 5.82 Å². The molecule has 0 saturated heterocycles. The Morgan fingerprint density at radius 1 is 1.02 bits per heavy atom. The van der Waals surface area contributed by atoms with Crippen LogP contribution in [0.15, 0.2) is 67.4 Å². The summed E-state index contributed by atoms with van der Waals surface area (Å²) in [6.07, 6.45) is 8.01. The largest absolute Gasteiger partial charge is 0.368 e. The highest BCUT2D eigenvalue weighted by Crippen LogP contribution is 2.29. The molecule has 3 N–H and O–H groups in total. The first-order valence-electron chi connectivity index (χ1n) is 17.0. The van der Waals surface area contributed by atoms with Gasteiger partial charge in [-0.1, -0.05) is 87.7 Å². The lowest BCUT2D eigenvalue weighted by atomic mass is 10.1. The molecule has 268 valence electrons. The number of benzene rings is 2. The second kappa shape index (κ2) is 19.2. The lowest BCUT2D eigenvalue weighted by Gasteiger charge is -2.24. The molecule has 0 bridgehead atoms. The molecule has 0 unspecified atom stereocenters. The maximum Gasteiger partial charge on any atom is 0.271 e. The second-order valence-electron chi connectivity index (χ2n) is 12.7. The highest BCUT2D eigenvalue weighted by atomic mass is 35.5. The number of hydrogen-bond acceptors (Lipinski definition) is 5. The number of para-hydroxylation sites is 1. The predicted octanol–water partition coefficient (Wildman–Crippen LogP) is 8.64. The number of amides is 2. The van der Waals surface area contributed by atoms with Crippen LogP contribution in [-0.4, -0.2) is 63.4 Å². The van der Waals surface area contributed by atoms with E-state index in [-0.39, 0.29) is 18.4 Å². The van der Waals surface area contributed by atoms with Crippen molar-refractivity contribution in [2.45, 2.75) is 66.8 Å². The summed E-state index contributed by atoms with van der Waals surface area (Å²) in [6.45, 7) is 14.2. The summed E-state index contributed by atoms with van der Waals surface area (Å²) >= 11 is 12.4. The second-order valence-corrected chi connectivity index (χ2v) is 13.6. The van der Waals surface area contributed by atoms with Crippen molar-refractivity contribution in [1.29, 1.82) is 0 Å². The number of rotatable bonds is 12.